The molecule has 3 N–H and O–H groups in total. The zero-order valence-electron chi connectivity index (χ0n) is 19.6. The number of nitrogens with zero attached hydrogens (tertiary/aromatic N) is 1. The lowest BCUT2D eigenvalue weighted by Gasteiger charge is -2.44. The predicted molar refractivity (Wildman–Crippen MR) is 130 cm³/mol. The highest BCUT2D eigenvalue weighted by molar-refractivity contribution is 5.98. The lowest BCUT2D eigenvalue weighted by molar-refractivity contribution is -0.122. The molecule has 3 aromatic carbocycles. The SMILES string of the molecule is COc1ccc(-c2cc(OCC(O)CN3CC(C)(O)C3)cc3ccccc23)cc1OC.O=CO. The van der Waals surface area contributed by atoms with E-state index in [1.54, 1.807) is 21.1 Å². The van der Waals surface area contributed by atoms with E-state index < -0.39 is 11.7 Å². The van der Waals surface area contributed by atoms with E-state index in [9.17, 15) is 10.2 Å². The highest BCUT2D eigenvalue weighted by Gasteiger charge is 2.37. The molecule has 1 heterocycles. The van der Waals surface area contributed by atoms with Crippen LogP contribution in [0.3, 0.4) is 0 Å². The molecule has 0 radical (unpaired) electrons. The third kappa shape index (κ3) is 6.17. The Hall–Kier alpha value is -3.33. The minimum Gasteiger partial charge on any atom is -0.493 e. The normalized spacial score (nSPS) is 15.4. The third-order valence-corrected chi connectivity index (χ3v) is 5.57. The van der Waals surface area contributed by atoms with Gasteiger partial charge in [-0.05, 0) is 53.1 Å². The van der Waals surface area contributed by atoms with E-state index in [2.05, 4.69) is 6.07 Å². The fourth-order valence-corrected chi connectivity index (χ4v) is 4.20. The molecule has 34 heavy (non-hydrogen) atoms. The van der Waals surface area contributed by atoms with Gasteiger partial charge in [-0.15, -0.1) is 0 Å². The van der Waals surface area contributed by atoms with Crippen LogP contribution in [0.5, 0.6) is 17.2 Å². The highest BCUT2D eigenvalue weighted by atomic mass is 16.5. The van der Waals surface area contributed by atoms with Gasteiger partial charge in [0.2, 0.25) is 0 Å². The average molecular weight is 470 g/mol. The van der Waals surface area contributed by atoms with Crippen LogP contribution in [-0.4, -0.2) is 78.9 Å². The van der Waals surface area contributed by atoms with Crippen LogP contribution in [-0.2, 0) is 4.79 Å². The second-order valence-corrected chi connectivity index (χ2v) is 8.50. The van der Waals surface area contributed by atoms with E-state index in [1.165, 1.54) is 0 Å². The number of likely N-dealkylation sites (tertiary alicyclic amines) is 1. The van der Waals surface area contributed by atoms with Crippen molar-refractivity contribution in [1.82, 2.24) is 4.90 Å². The van der Waals surface area contributed by atoms with Crippen molar-refractivity contribution in [1.29, 1.82) is 0 Å². The summed E-state index contributed by atoms with van der Waals surface area (Å²) in [5.74, 6) is 2.03. The van der Waals surface area contributed by atoms with Gasteiger partial charge >= 0.3 is 0 Å². The first kappa shape index (κ1) is 25.3. The monoisotopic (exact) mass is 469 g/mol. The van der Waals surface area contributed by atoms with E-state index in [0.29, 0.717) is 36.9 Å². The van der Waals surface area contributed by atoms with Gasteiger partial charge in [-0.25, -0.2) is 0 Å². The summed E-state index contributed by atoms with van der Waals surface area (Å²) in [5.41, 5.74) is 1.36. The van der Waals surface area contributed by atoms with Crippen molar-refractivity contribution in [3.8, 4) is 28.4 Å². The Kier molecular flexibility index (Phi) is 8.33. The molecule has 0 amide bonds. The van der Waals surface area contributed by atoms with Crippen molar-refractivity contribution < 1.29 is 34.3 Å². The molecular formula is C26H31NO7. The Morgan fingerprint density at radius 1 is 1.06 bits per heavy atom. The minimum absolute atomic E-state index is 0.183. The molecule has 1 unspecified atom stereocenters. The fraction of sp³-hybridized carbons (Fsp3) is 0.346. The molecule has 8 heteroatoms. The Labute approximate surface area is 198 Å². The van der Waals surface area contributed by atoms with Crippen LogP contribution in [0.2, 0.25) is 0 Å². The smallest absolute Gasteiger partial charge is 0.290 e. The van der Waals surface area contributed by atoms with E-state index >= 15 is 0 Å². The summed E-state index contributed by atoms with van der Waals surface area (Å²) in [7, 11) is 3.24. The maximum absolute atomic E-state index is 10.4. The molecule has 0 spiro atoms. The summed E-state index contributed by atoms with van der Waals surface area (Å²) in [6.45, 7) is 3.36. The van der Waals surface area contributed by atoms with Crippen LogP contribution in [0.25, 0.3) is 21.9 Å². The van der Waals surface area contributed by atoms with Crippen molar-refractivity contribution in [2.24, 2.45) is 0 Å². The highest BCUT2D eigenvalue weighted by Crippen LogP contribution is 2.37. The molecule has 0 bridgehead atoms. The van der Waals surface area contributed by atoms with Crippen LogP contribution in [0.15, 0.2) is 54.6 Å². The van der Waals surface area contributed by atoms with Crippen LogP contribution in [0.1, 0.15) is 6.92 Å². The zero-order chi connectivity index (χ0) is 24.7. The Bertz CT molecular complexity index is 1110. The minimum atomic E-state index is -0.646. The maximum atomic E-state index is 10.4. The number of methoxy groups -OCH3 is 2. The van der Waals surface area contributed by atoms with Crippen molar-refractivity contribution in [3.63, 3.8) is 0 Å². The van der Waals surface area contributed by atoms with Gasteiger partial charge in [-0.2, -0.15) is 0 Å². The summed E-state index contributed by atoms with van der Waals surface area (Å²) < 4.78 is 16.8. The van der Waals surface area contributed by atoms with Crippen LogP contribution in [0, 0.1) is 0 Å². The molecule has 0 aromatic heterocycles. The predicted octanol–water partition coefficient (Wildman–Crippen LogP) is 3.03. The van der Waals surface area contributed by atoms with Crippen molar-refractivity contribution in [3.05, 3.63) is 54.6 Å². The van der Waals surface area contributed by atoms with Crippen LogP contribution in [0.4, 0.5) is 0 Å². The number of carboxylic acid groups (broad SMARTS) is 1. The molecule has 1 atom stereocenters. The first-order valence-corrected chi connectivity index (χ1v) is 10.9. The van der Waals surface area contributed by atoms with Crippen molar-refractivity contribution in [2.75, 3.05) is 40.5 Å². The van der Waals surface area contributed by atoms with Gasteiger partial charge in [0.05, 0.1) is 19.8 Å². The van der Waals surface area contributed by atoms with E-state index in [4.69, 9.17) is 24.1 Å². The number of aliphatic hydroxyl groups excluding tert-OH is 1. The first-order chi connectivity index (χ1) is 16.3. The second kappa shape index (κ2) is 11.2. The molecule has 0 saturated carbocycles. The zero-order valence-corrected chi connectivity index (χ0v) is 19.6. The molecule has 1 aliphatic rings. The van der Waals surface area contributed by atoms with Gasteiger partial charge in [0, 0.05) is 19.6 Å². The number of β-amino-alcohol motifs (C(OH)–C–C–N with tert-alkyl or cyclic N) is 2. The molecular weight excluding hydrogens is 438 g/mol. The second-order valence-electron chi connectivity index (χ2n) is 8.50. The molecule has 1 aliphatic heterocycles. The largest absolute Gasteiger partial charge is 0.493 e. The van der Waals surface area contributed by atoms with Gasteiger partial charge in [0.25, 0.3) is 6.47 Å². The van der Waals surface area contributed by atoms with E-state index in [1.807, 2.05) is 53.4 Å². The number of fused-ring (bicyclic) bond motifs is 1. The average Bonchev–Trinajstić information content (AvgIpc) is 2.81. The lowest BCUT2D eigenvalue weighted by atomic mass is 9.96. The number of aliphatic hydroxyl groups is 2. The molecule has 182 valence electrons. The maximum Gasteiger partial charge on any atom is 0.290 e. The first-order valence-electron chi connectivity index (χ1n) is 10.9. The molecule has 8 nitrogen and oxygen atoms in total. The summed E-state index contributed by atoms with van der Waals surface area (Å²) in [6.07, 6.45) is -0.632. The van der Waals surface area contributed by atoms with E-state index in [0.717, 1.165) is 21.9 Å². The number of benzene rings is 3. The summed E-state index contributed by atoms with van der Waals surface area (Å²) in [6, 6.07) is 18.0. The van der Waals surface area contributed by atoms with E-state index in [-0.39, 0.29) is 13.1 Å². The van der Waals surface area contributed by atoms with Crippen molar-refractivity contribution >= 4 is 17.2 Å². The Morgan fingerprint density at radius 3 is 2.38 bits per heavy atom. The van der Waals surface area contributed by atoms with Crippen LogP contribution >= 0.6 is 0 Å². The number of hydrogen-bond donors (Lipinski definition) is 3. The quantitative estimate of drug-likeness (QED) is 0.432. The van der Waals surface area contributed by atoms with Gasteiger partial charge < -0.3 is 29.5 Å². The molecule has 4 rings (SSSR count). The summed E-state index contributed by atoms with van der Waals surface area (Å²) in [4.78, 5) is 10.4. The standard InChI is InChI=1S/C25H29NO5.CH2O2/c1-25(28)15-26(16-25)13-19(27)14-31-20-10-17-6-4-5-7-21(17)22(12-20)18-8-9-23(29-2)24(11-18)30-3;2-1-3/h4-12,19,27-28H,13-16H2,1-3H3;1H,(H,2,3). The number of hydrogen-bond acceptors (Lipinski definition) is 7. The molecule has 1 saturated heterocycles. The molecule has 3 aromatic rings. The van der Waals surface area contributed by atoms with Gasteiger partial charge in [-0.1, -0.05) is 30.3 Å². The van der Waals surface area contributed by atoms with Crippen molar-refractivity contribution in [2.45, 2.75) is 18.6 Å². The number of carbonyl (C=O) groups is 1. The topological polar surface area (TPSA) is 109 Å². The summed E-state index contributed by atoms with van der Waals surface area (Å²) >= 11 is 0. The number of ether oxygens (including phenoxy) is 3. The molecule has 1 fully saturated rings. The lowest BCUT2D eigenvalue weighted by Crippen LogP contribution is -2.61. The Balaban J connectivity index is 0.00000103. The third-order valence-electron chi connectivity index (χ3n) is 5.57. The van der Waals surface area contributed by atoms with Gasteiger partial charge in [-0.3, -0.25) is 9.69 Å². The number of rotatable bonds is 8. The fourth-order valence-electron chi connectivity index (χ4n) is 4.20. The van der Waals surface area contributed by atoms with Gasteiger partial charge in [0.15, 0.2) is 11.5 Å². The van der Waals surface area contributed by atoms with Gasteiger partial charge in [0.1, 0.15) is 18.5 Å². The molecule has 0 aliphatic carbocycles. The van der Waals surface area contributed by atoms with Crippen LogP contribution < -0.4 is 14.2 Å². The summed E-state index contributed by atoms with van der Waals surface area (Å²) in [5, 5.41) is 29.3. The Morgan fingerprint density at radius 2 is 1.74 bits per heavy atom.